The highest BCUT2D eigenvalue weighted by Crippen LogP contribution is 2.24. The smallest absolute Gasteiger partial charge is 0.227 e. The van der Waals surface area contributed by atoms with Gasteiger partial charge in [0.25, 0.3) is 0 Å². The number of anilines is 2. The number of carbonyl (C=O) groups excluding carboxylic acids is 1. The summed E-state index contributed by atoms with van der Waals surface area (Å²) in [6.07, 6.45) is 0. The molecule has 1 aromatic heterocycles. The van der Waals surface area contributed by atoms with Crippen molar-refractivity contribution >= 4 is 29.0 Å². The maximum Gasteiger partial charge on any atom is 0.227 e. The van der Waals surface area contributed by atoms with E-state index in [0.717, 1.165) is 48.0 Å². The standard InChI is InChI=1S/C31H33ClN4O3/c1-4-36(5-2)18-19-38-27-16-12-26(13-17-27)34-31-33-22(3)20-29(35-31)23-8-14-28(15-9-23)39-21-30(37)24-6-10-25(32)11-7-24/h6-17,20H,4-5,18-19,21H2,1-3H3,(H,33,34,35). The lowest BCUT2D eigenvalue weighted by molar-refractivity contribution is 0.0921. The Hall–Kier alpha value is -3.94. The zero-order valence-electron chi connectivity index (χ0n) is 22.5. The van der Waals surface area contributed by atoms with Crippen molar-refractivity contribution in [2.45, 2.75) is 20.8 Å². The first-order valence-electron chi connectivity index (χ1n) is 13.0. The number of nitrogens with zero attached hydrogens (tertiary/aromatic N) is 3. The summed E-state index contributed by atoms with van der Waals surface area (Å²) in [5, 5.41) is 3.87. The highest BCUT2D eigenvalue weighted by atomic mass is 35.5. The molecule has 0 fully saturated rings. The average Bonchev–Trinajstić information content (AvgIpc) is 2.95. The van der Waals surface area contributed by atoms with Crippen LogP contribution in [0.1, 0.15) is 29.9 Å². The van der Waals surface area contributed by atoms with Crippen molar-refractivity contribution in [1.29, 1.82) is 0 Å². The first-order chi connectivity index (χ1) is 18.9. The molecule has 7 nitrogen and oxygen atoms in total. The molecule has 0 radical (unpaired) electrons. The van der Waals surface area contributed by atoms with Gasteiger partial charge in [-0.25, -0.2) is 9.97 Å². The monoisotopic (exact) mass is 544 g/mol. The Balaban J connectivity index is 1.35. The normalized spacial score (nSPS) is 10.9. The van der Waals surface area contributed by atoms with E-state index < -0.39 is 0 Å². The summed E-state index contributed by atoms with van der Waals surface area (Å²) in [5.74, 6) is 1.83. The molecular weight excluding hydrogens is 512 g/mol. The number of carbonyl (C=O) groups is 1. The number of aryl methyl sites for hydroxylation is 1. The Morgan fingerprint density at radius 2 is 1.51 bits per heavy atom. The minimum atomic E-state index is -0.114. The second-order valence-corrected chi connectivity index (χ2v) is 9.42. The topological polar surface area (TPSA) is 76.6 Å². The molecule has 0 saturated heterocycles. The molecule has 0 amide bonds. The third-order valence-electron chi connectivity index (χ3n) is 6.22. The van der Waals surface area contributed by atoms with Gasteiger partial charge in [0.15, 0.2) is 12.4 Å². The molecule has 4 rings (SSSR count). The summed E-state index contributed by atoms with van der Waals surface area (Å²) in [6.45, 7) is 9.78. The molecule has 1 N–H and O–H groups in total. The van der Waals surface area contributed by atoms with E-state index >= 15 is 0 Å². The van der Waals surface area contributed by atoms with Crippen LogP contribution in [0.15, 0.2) is 78.9 Å². The third-order valence-corrected chi connectivity index (χ3v) is 6.47. The Labute approximate surface area is 234 Å². The van der Waals surface area contributed by atoms with Gasteiger partial charge in [-0.1, -0.05) is 25.4 Å². The van der Waals surface area contributed by atoms with Gasteiger partial charge in [-0.3, -0.25) is 4.79 Å². The molecule has 0 saturated carbocycles. The number of likely N-dealkylation sites (N-methyl/N-ethyl adjacent to an activating group) is 1. The average molecular weight is 545 g/mol. The van der Waals surface area contributed by atoms with E-state index in [1.165, 1.54) is 0 Å². The quantitative estimate of drug-likeness (QED) is 0.185. The molecule has 0 bridgehead atoms. The summed E-state index contributed by atoms with van der Waals surface area (Å²) in [7, 11) is 0. The van der Waals surface area contributed by atoms with E-state index in [1.807, 2.05) is 61.5 Å². The molecule has 0 aliphatic carbocycles. The first kappa shape index (κ1) is 28.1. The Morgan fingerprint density at radius 3 is 2.18 bits per heavy atom. The van der Waals surface area contributed by atoms with Crippen LogP contribution >= 0.6 is 11.6 Å². The number of rotatable bonds is 13. The molecule has 3 aromatic carbocycles. The largest absolute Gasteiger partial charge is 0.492 e. The van der Waals surface area contributed by atoms with E-state index in [1.54, 1.807) is 24.3 Å². The Morgan fingerprint density at radius 1 is 0.872 bits per heavy atom. The van der Waals surface area contributed by atoms with E-state index in [2.05, 4.69) is 29.0 Å². The number of ether oxygens (including phenoxy) is 2. The van der Waals surface area contributed by atoms with Crippen molar-refractivity contribution < 1.29 is 14.3 Å². The number of benzene rings is 3. The van der Waals surface area contributed by atoms with Gasteiger partial charge in [0.1, 0.15) is 18.1 Å². The number of ketones is 1. The molecule has 1 heterocycles. The molecule has 202 valence electrons. The van der Waals surface area contributed by atoms with Gasteiger partial charge in [0, 0.05) is 34.1 Å². The van der Waals surface area contributed by atoms with E-state index in [4.69, 9.17) is 26.1 Å². The van der Waals surface area contributed by atoms with Crippen LogP contribution in [0.25, 0.3) is 11.3 Å². The first-order valence-corrected chi connectivity index (χ1v) is 13.4. The number of nitrogens with one attached hydrogen (secondary N) is 1. The fourth-order valence-electron chi connectivity index (χ4n) is 3.96. The third kappa shape index (κ3) is 8.27. The molecule has 0 atom stereocenters. The summed E-state index contributed by atoms with van der Waals surface area (Å²) in [5.41, 5.74) is 3.97. The van der Waals surface area contributed by atoms with Crippen molar-refractivity contribution in [3.05, 3.63) is 95.1 Å². The predicted octanol–water partition coefficient (Wildman–Crippen LogP) is 6.83. The van der Waals surface area contributed by atoms with Crippen LogP contribution in [0.4, 0.5) is 11.6 Å². The fourth-order valence-corrected chi connectivity index (χ4v) is 4.08. The summed E-state index contributed by atoms with van der Waals surface area (Å²) < 4.78 is 11.6. The van der Waals surface area contributed by atoms with Gasteiger partial charge < -0.3 is 19.7 Å². The lowest BCUT2D eigenvalue weighted by Crippen LogP contribution is -2.27. The van der Waals surface area contributed by atoms with Crippen molar-refractivity contribution in [2.75, 3.05) is 38.2 Å². The SMILES string of the molecule is CCN(CC)CCOc1ccc(Nc2nc(C)cc(-c3ccc(OCC(=O)c4ccc(Cl)cc4)cc3)n2)cc1. The minimum absolute atomic E-state index is 0.0542. The van der Waals surface area contributed by atoms with Crippen LogP contribution in [0.3, 0.4) is 0 Å². The number of hydrogen-bond acceptors (Lipinski definition) is 7. The second kappa shape index (κ2) is 13.7. The molecule has 0 unspecified atom stereocenters. The summed E-state index contributed by atoms with van der Waals surface area (Å²) >= 11 is 5.89. The molecule has 39 heavy (non-hydrogen) atoms. The molecule has 4 aromatic rings. The van der Waals surface area contributed by atoms with Gasteiger partial charge in [0.2, 0.25) is 5.95 Å². The lowest BCUT2D eigenvalue weighted by atomic mass is 10.1. The van der Waals surface area contributed by atoms with Crippen LogP contribution < -0.4 is 14.8 Å². The molecule has 0 aliphatic heterocycles. The van der Waals surface area contributed by atoms with Gasteiger partial charge >= 0.3 is 0 Å². The van der Waals surface area contributed by atoms with Crippen LogP contribution in [0, 0.1) is 6.92 Å². The molecule has 8 heteroatoms. The predicted molar refractivity (Wildman–Crippen MR) is 156 cm³/mol. The Bertz CT molecular complexity index is 1360. The molecule has 0 spiro atoms. The van der Waals surface area contributed by atoms with Crippen LogP contribution in [-0.2, 0) is 0 Å². The maximum absolute atomic E-state index is 12.4. The fraction of sp³-hybridized carbons (Fsp3) is 0.258. The van der Waals surface area contributed by atoms with Gasteiger partial charge in [-0.05, 0) is 98.9 Å². The number of halogens is 1. The van der Waals surface area contributed by atoms with Gasteiger partial charge in [-0.2, -0.15) is 0 Å². The highest BCUT2D eigenvalue weighted by Gasteiger charge is 2.09. The van der Waals surface area contributed by atoms with Crippen molar-refractivity contribution in [2.24, 2.45) is 0 Å². The molecule has 0 aliphatic rings. The summed E-state index contributed by atoms with van der Waals surface area (Å²) in [4.78, 5) is 23.9. The minimum Gasteiger partial charge on any atom is -0.492 e. The zero-order valence-corrected chi connectivity index (χ0v) is 23.2. The molecular formula is C31H33ClN4O3. The van der Waals surface area contributed by atoms with Crippen molar-refractivity contribution in [1.82, 2.24) is 14.9 Å². The van der Waals surface area contributed by atoms with Crippen LogP contribution in [0.2, 0.25) is 5.02 Å². The van der Waals surface area contributed by atoms with Gasteiger partial charge in [-0.15, -0.1) is 0 Å². The van der Waals surface area contributed by atoms with Crippen LogP contribution in [0.5, 0.6) is 11.5 Å². The van der Waals surface area contributed by atoms with E-state index in [9.17, 15) is 4.79 Å². The highest BCUT2D eigenvalue weighted by molar-refractivity contribution is 6.30. The number of hydrogen-bond donors (Lipinski definition) is 1. The van der Waals surface area contributed by atoms with Crippen molar-refractivity contribution in [3.63, 3.8) is 0 Å². The zero-order chi connectivity index (χ0) is 27.6. The number of Topliss-reactive ketones (excluding diaryl/α,β-unsaturated/α-hetero) is 1. The second-order valence-electron chi connectivity index (χ2n) is 8.99. The van der Waals surface area contributed by atoms with Gasteiger partial charge in [0.05, 0.1) is 5.69 Å². The van der Waals surface area contributed by atoms with Crippen molar-refractivity contribution in [3.8, 4) is 22.8 Å². The lowest BCUT2D eigenvalue weighted by Gasteiger charge is -2.18. The van der Waals surface area contributed by atoms with E-state index in [0.29, 0.717) is 28.9 Å². The summed E-state index contributed by atoms with van der Waals surface area (Å²) in [6, 6.07) is 24.0. The maximum atomic E-state index is 12.4. The Kier molecular flexibility index (Phi) is 9.89. The van der Waals surface area contributed by atoms with E-state index in [-0.39, 0.29) is 12.4 Å². The number of aromatic nitrogens is 2. The van der Waals surface area contributed by atoms with Crippen LogP contribution in [-0.4, -0.2) is 53.5 Å².